The second-order valence-corrected chi connectivity index (χ2v) is 7.12. The van der Waals surface area contributed by atoms with Gasteiger partial charge in [0, 0.05) is 36.9 Å². The number of carbonyl (C=O) groups excluding carboxylic acids is 1. The minimum absolute atomic E-state index is 0.0400. The molecule has 0 aromatic carbocycles. The van der Waals surface area contributed by atoms with Gasteiger partial charge in [0.25, 0.3) is 5.91 Å². The largest absolute Gasteiger partial charge is 0.393 e. The van der Waals surface area contributed by atoms with E-state index in [1.54, 1.807) is 12.4 Å². The first-order valence-electron chi connectivity index (χ1n) is 8.97. The highest BCUT2D eigenvalue weighted by atomic mass is 16.3. The molecule has 1 aliphatic rings. The van der Waals surface area contributed by atoms with Gasteiger partial charge in [0.1, 0.15) is 0 Å². The van der Waals surface area contributed by atoms with E-state index >= 15 is 0 Å². The molecule has 138 valence electrons. The van der Waals surface area contributed by atoms with Crippen molar-refractivity contribution in [3.63, 3.8) is 0 Å². The van der Waals surface area contributed by atoms with Crippen molar-refractivity contribution in [1.82, 2.24) is 20.3 Å². The molecule has 1 amide bonds. The Kier molecular flexibility index (Phi) is 5.78. The molecular formula is C19H25N5O2. The number of hydrogen-bond donors (Lipinski definition) is 3. The number of pyridine rings is 1. The summed E-state index contributed by atoms with van der Waals surface area (Å²) in [7, 11) is 0. The van der Waals surface area contributed by atoms with E-state index in [9.17, 15) is 9.90 Å². The van der Waals surface area contributed by atoms with Crippen LogP contribution in [0.2, 0.25) is 0 Å². The highest BCUT2D eigenvalue weighted by Crippen LogP contribution is 2.31. The second-order valence-electron chi connectivity index (χ2n) is 7.12. The van der Waals surface area contributed by atoms with Crippen molar-refractivity contribution >= 4 is 11.9 Å². The van der Waals surface area contributed by atoms with Crippen LogP contribution in [0.3, 0.4) is 0 Å². The third-order valence-corrected chi connectivity index (χ3v) is 4.57. The van der Waals surface area contributed by atoms with Gasteiger partial charge in [0.15, 0.2) is 0 Å². The smallest absolute Gasteiger partial charge is 0.254 e. The average Bonchev–Trinajstić information content (AvgIpc) is 2.59. The number of amides is 1. The van der Waals surface area contributed by atoms with Gasteiger partial charge in [-0.15, -0.1) is 0 Å². The van der Waals surface area contributed by atoms with Crippen LogP contribution in [0.1, 0.15) is 42.6 Å². The number of aliphatic hydroxyl groups excluding tert-OH is 1. The van der Waals surface area contributed by atoms with Gasteiger partial charge in [-0.3, -0.25) is 9.78 Å². The van der Waals surface area contributed by atoms with Gasteiger partial charge in [-0.05, 0) is 56.7 Å². The number of nitrogens with one attached hydrogen (secondary N) is 2. The van der Waals surface area contributed by atoms with Crippen molar-refractivity contribution in [2.75, 3.05) is 5.32 Å². The Balaban J connectivity index is 1.66. The molecule has 2 aromatic rings. The van der Waals surface area contributed by atoms with Crippen LogP contribution in [-0.4, -0.2) is 44.2 Å². The van der Waals surface area contributed by atoms with E-state index in [1.807, 2.05) is 26.0 Å². The van der Waals surface area contributed by atoms with Gasteiger partial charge in [-0.1, -0.05) is 0 Å². The van der Waals surface area contributed by atoms with Crippen molar-refractivity contribution in [2.24, 2.45) is 5.92 Å². The van der Waals surface area contributed by atoms with Gasteiger partial charge in [-0.25, -0.2) is 9.97 Å². The van der Waals surface area contributed by atoms with E-state index in [2.05, 4.69) is 25.6 Å². The van der Waals surface area contributed by atoms with E-state index in [4.69, 9.17) is 0 Å². The first kappa shape index (κ1) is 18.3. The van der Waals surface area contributed by atoms with Crippen LogP contribution in [-0.2, 0) is 6.42 Å². The molecule has 0 unspecified atom stereocenters. The Labute approximate surface area is 153 Å². The maximum atomic E-state index is 12.6. The first-order valence-corrected chi connectivity index (χ1v) is 8.97. The molecule has 0 radical (unpaired) electrons. The number of hydrogen-bond acceptors (Lipinski definition) is 6. The summed E-state index contributed by atoms with van der Waals surface area (Å²) in [5, 5.41) is 15.8. The lowest BCUT2D eigenvalue weighted by Gasteiger charge is -2.38. The fourth-order valence-electron chi connectivity index (χ4n) is 3.10. The van der Waals surface area contributed by atoms with Gasteiger partial charge >= 0.3 is 0 Å². The van der Waals surface area contributed by atoms with E-state index in [0.29, 0.717) is 30.8 Å². The van der Waals surface area contributed by atoms with Gasteiger partial charge in [0.2, 0.25) is 5.95 Å². The summed E-state index contributed by atoms with van der Waals surface area (Å²) in [6.45, 7) is 4.00. The van der Waals surface area contributed by atoms with Crippen LogP contribution in [0.5, 0.6) is 0 Å². The molecule has 0 saturated heterocycles. The van der Waals surface area contributed by atoms with Gasteiger partial charge < -0.3 is 15.7 Å². The SMILES string of the molecule is CC(C)Nc1ncc(C(=O)N[C@@H](Cc2ccncc2)C2CC(O)C2)cn1. The maximum absolute atomic E-state index is 12.6. The van der Waals surface area contributed by atoms with Crippen LogP contribution < -0.4 is 10.6 Å². The summed E-state index contributed by atoms with van der Waals surface area (Å²) in [5.74, 6) is 0.582. The lowest BCUT2D eigenvalue weighted by molar-refractivity contribution is 0.0239. The normalized spacial score (nSPS) is 20.3. The molecule has 1 fully saturated rings. The molecule has 26 heavy (non-hydrogen) atoms. The summed E-state index contributed by atoms with van der Waals surface area (Å²) in [4.78, 5) is 25.0. The Bertz CT molecular complexity index is 714. The molecule has 7 nitrogen and oxygen atoms in total. The van der Waals surface area contributed by atoms with E-state index < -0.39 is 0 Å². The minimum Gasteiger partial charge on any atom is -0.393 e. The summed E-state index contributed by atoms with van der Waals surface area (Å²) >= 11 is 0. The maximum Gasteiger partial charge on any atom is 0.254 e. The molecule has 2 aromatic heterocycles. The number of aliphatic hydroxyl groups is 1. The molecule has 0 spiro atoms. The summed E-state index contributed by atoms with van der Waals surface area (Å²) < 4.78 is 0. The molecular weight excluding hydrogens is 330 g/mol. The topological polar surface area (TPSA) is 100 Å². The van der Waals surface area contributed by atoms with Crippen molar-refractivity contribution in [1.29, 1.82) is 0 Å². The molecule has 2 heterocycles. The Hall–Kier alpha value is -2.54. The minimum atomic E-state index is -0.262. The number of nitrogens with zero attached hydrogens (tertiary/aromatic N) is 3. The van der Waals surface area contributed by atoms with Crippen molar-refractivity contribution < 1.29 is 9.90 Å². The number of anilines is 1. The highest BCUT2D eigenvalue weighted by Gasteiger charge is 2.35. The fraction of sp³-hybridized carbons (Fsp3) is 0.474. The van der Waals surface area contributed by atoms with E-state index in [-0.39, 0.29) is 30.0 Å². The Morgan fingerprint density at radius 3 is 2.46 bits per heavy atom. The predicted molar refractivity (Wildman–Crippen MR) is 98.7 cm³/mol. The lowest BCUT2D eigenvalue weighted by atomic mass is 9.75. The lowest BCUT2D eigenvalue weighted by Crippen LogP contribution is -2.48. The van der Waals surface area contributed by atoms with E-state index in [0.717, 1.165) is 5.56 Å². The monoisotopic (exact) mass is 355 g/mol. The molecule has 7 heteroatoms. The molecule has 1 atom stereocenters. The highest BCUT2D eigenvalue weighted by molar-refractivity contribution is 5.93. The number of rotatable bonds is 7. The third kappa shape index (κ3) is 4.76. The van der Waals surface area contributed by atoms with Crippen LogP contribution in [0.25, 0.3) is 0 Å². The van der Waals surface area contributed by atoms with Gasteiger partial charge in [-0.2, -0.15) is 0 Å². The molecule has 0 bridgehead atoms. The predicted octanol–water partition coefficient (Wildman–Crippen LogP) is 1.80. The molecule has 3 N–H and O–H groups in total. The first-order chi connectivity index (χ1) is 12.5. The summed E-state index contributed by atoms with van der Waals surface area (Å²) in [6, 6.07) is 4.08. The molecule has 3 rings (SSSR count). The van der Waals surface area contributed by atoms with Crippen LogP contribution in [0.4, 0.5) is 5.95 Å². The molecule has 1 saturated carbocycles. The zero-order valence-corrected chi connectivity index (χ0v) is 15.1. The fourth-order valence-corrected chi connectivity index (χ4v) is 3.10. The van der Waals surface area contributed by atoms with Crippen LogP contribution in [0.15, 0.2) is 36.9 Å². The second kappa shape index (κ2) is 8.23. The standard InChI is InChI=1S/C19H25N5O2/c1-12(2)23-19-21-10-15(11-22-19)18(26)24-17(14-8-16(25)9-14)7-13-3-5-20-6-4-13/h3-6,10-12,14,16-17,25H,7-9H2,1-2H3,(H,24,26)(H,21,22,23)/t14?,16?,17-/m0/s1. The zero-order chi connectivity index (χ0) is 18.5. The average molecular weight is 355 g/mol. The van der Waals surface area contributed by atoms with Crippen LogP contribution in [0, 0.1) is 5.92 Å². The molecule has 1 aliphatic carbocycles. The van der Waals surface area contributed by atoms with Crippen molar-refractivity contribution in [3.8, 4) is 0 Å². The van der Waals surface area contributed by atoms with Gasteiger partial charge in [0.05, 0.1) is 11.7 Å². The van der Waals surface area contributed by atoms with Crippen molar-refractivity contribution in [2.45, 2.75) is 51.3 Å². The zero-order valence-electron chi connectivity index (χ0n) is 15.1. The quantitative estimate of drug-likeness (QED) is 0.700. The summed E-state index contributed by atoms with van der Waals surface area (Å²) in [6.07, 6.45) is 8.43. The van der Waals surface area contributed by atoms with Crippen molar-refractivity contribution in [3.05, 3.63) is 48.0 Å². The Morgan fingerprint density at radius 2 is 1.88 bits per heavy atom. The third-order valence-electron chi connectivity index (χ3n) is 4.57. The number of aromatic nitrogens is 3. The molecule has 0 aliphatic heterocycles. The van der Waals surface area contributed by atoms with E-state index in [1.165, 1.54) is 12.4 Å². The number of carbonyl (C=O) groups is 1. The Morgan fingerprint density at radius 1 is 1.23 bits per heavy atom. The summed E-state index contributed by atoms with van der Waals surface area (Å²) in [5.41, 5.74) is 1.54. The van der Waals surface area contributed by atoms with Crippen LogP contribution >= 0.6 is 0 Å².